The minimum absolute atomic E-state index is 0.285. The molecule has 3 heteroatoms. The summed E-state index contributed by atoms with van der Waals surface area (Å²) in [5.41, 5.74) is 5.44. The molecular formula is C17H21NOS. The van der Waals surface area contributed by atoms with E-state index in [1.807, 2.05) is 0 Å². The van der Waals surface area contributed by atoms with Gasteiger partial charge in [0.25, 0.3) is 0 Å². The third kappa shape index (κ3) is 2.48. The van der Waals surface area contributed by atoms with E-state index < -0.39 is 0 Å². The van der Waals surface area contributed by atoms with E-state index in [4.69, 9.17) is 4.74 Å². The molecule has 0 bridgehead atoms. The van der Waals surface area contributed by atoms with Gasteiger partial charge in [-0.25, -0.2) is 0 Å². The number of hydrogen-bond donors (Lipinski definition) is 1. The first-order chi connectivity index (χ1) is 9.69. The summed E-state index contributed by atoms with van der Waals surface area (Å²) >= 11 is 1.78. The van der Waals surface area contributed by atoms with Gasteiger partial charge in [0.1, 0.15) is 11.9 Å². The second kappa shape index (κ2) is 5.58. The van der Waals surface area contributed by atoms with E-state index in [0.29, 0.717) is 6.10 Å². The van der Waals surface area contributed by atoms with Crippen molar-refractivity contribution in [3.05, 3.63) is 51.2 Å². The molecule has 0 saturated heterocycles. The van der Waals surface area contributed by atoms with Crippen molar-refractivity contribution >= 4 is 11.3 Å². The van der Waals surface area contributed by atoms with Crippen LogP contribution in [0.5, 0.6) is 5.75 Å². The highest BCUT2D eigenvalue weighted by atomic mass is 32.1. The van der Waals surface area contributed by atoms with Crippen molar-refractivity contribution in [1.82, 2.24) is 5.32 Å². The largest absolute Gasteiger partial charge is 0.490 e. The lowest BCUT2D eigenvalue weighted by atomic mass is 9.96. The number of nitrogens with one attached hydrogen (secondary N) is 1. The minimum atomic E-state index is 0.285. The first kappa shape index (κ1) is 13.7. The Hall–Kier alpha value is -1.32. The summed E-state index contributed by atoms with van der Waals surface area (Å²) in [6.07, 6.45) is 1.32. The maximum Gasteiger partial charge on any atom is 0.123 e. The zero-order valence-electron chi connectivity index (χ0n) is 12.3. The minimum Gasteiger partial charge on any atom is -0.490 e. The van der Waals surface area contributed by atoms with E-state index >= 15 is 0 Å². The summed E-state index contributed by atoms with van der Waals surface area (Å²) in [4.78, 5) is 0. The Kier molecular flexibility index (Phi) is 3.81. The molecule has 2 heterocycles. The predicted octanol–water partition coefficient (Wildman–Crippen LogP) is 4.08. The highest BCUT2D eigenvalue weighted by molar-refractivity contribution is 7.08. The second-order valence-electron chi connectivity index (χ2n) is 5.50. The predicted molar refractivity (Wildman–Crippen MR) is 84.8 cm³/mol. The second-order valence-corrected chi connectivity index (χ2v) is 6.24. The Morgan fingerprint density at radius 2 is 2.25 bits per heavy atom. The van der Waals surface area contributed by atoms with Crippen LogP contribution in [-0.4, -0.2) is 12.6 Å². The fourth-order valence-electron chi connectivity index (χ4n) is 2.90. The van der Waals surface area contributed by atoms with Gasteiger partial charge >= 0.3 is 0 Å². The lowest BCUT2D eigenvalue weighted by Crippen LogP contribution is -2.22. The van der Waals surface area contributed by atoms with E-state index in [-0.39, 0.29) is 6.04 Å². The van der Waals surface area contributed by atoms with Gasteiger partial charge in [0.2, 0.25) is 0 Å². The Morgan fingerprint density at radius 1 is 1.40 bits per heavy atom. The van der Waals surface area contributed by atoms with Crippen LogP contribution in [0.15, 0.2) is 29.0 Å². The molecule has 20 heavy (non-hydrogen) atoms. The molecule has 2 unspecified atom stereocenters. The maximum atomic E-state index is 5.80. The SMILES string of the molecule is CCNC(c1ccc2c(c1)CC(C)O2)c1cscc1C. The fourth-order valence-corrected chi connectivity index (χ4v) is 3.78. The lowest BCUT2D eigenvalue weighted by Gasteiger charge is -2.19. The van der Waals surface area contributed by atoms with Gasteiger partial charge in [-0.3, -0.25) is 0 Å². The molecule has 0 saturated carbocycles. The summed E-state index contributed by atoms with van der Waals surface area (Å²) < 4.78 is 5.80. The molecule has 1 aromatic heterocycles. The first-order valence-corrected chi connectivity index (χ1v) is 8.19. The number of fused-ring (bicyclic) bond motifs is 1. The number of thiophene rings is 1. The normalized spacial score (nSPS) is 18.6. The van der Waals surface area contributed by atoms with Crippen LogP contribution in [0.2, 0.25) is 0 Å². The number of ether oxygens (including phenoxy) is 1. The average Bonchev–Trinajstić information content (AvgIpc) is 3.00. The highest BCUT2D eigenvalue weighted by Gasteiger charge is 2.22. The van der Waals surface area contributed by atoms with Gasteiger partial charge in [0.05, 0.1) is 6.04 Å². The molecule has 2 nitrogen and oxygen atoms in total. The van der Waals surface area contributed by atoms with E-state index in [9.17, 15) is 0 Å². The summed E-state index contributed by atoms with van der Waals surface area (Å²) in [5, 5.41) is 8.09. The van der Waals surface area contributed by atoms with Gasteiger partial charge in [0, 0.05) is 6.42 Å². The van der Waals surface area contributed by atoms with Crippen molar-refractivity contribution in [3.8, 4) is 5.75 Å². The van der Waals surface area contributed by atoms with Crippen LogP contribution in [0.25, 0.3) is 0 Å². The molecular weight excluding hydrogens is 266 g/mol. The Morgan fingerprint density at radius 3 is 2.95 bits per heavy atom. The molecule has 0 aliphatic carbocycles. The zero-order valence-corrected chi connectivity index (χ0v) is 13.1. The van der Waals surface area contributed by atoms with Crippen LogP contribution in [0.1, 0.15) is 42.1 Å². The third-order valence-electron chi connectivity index (χ3n) is 3.87. The molecule has 0 spiro atoms. The van der Waals surface area contributed by atoms with Gasteiger partial charge in [-0.15, -0.1) is 0 Å². The Labute approximate surface area is 124 Å². The van der Waals surface area contributed by atoms with Crippen LogP contribution in [0.3, 0.4) is 0 Å². The number of benzene rings is 1. The molecule has 1 aliphatic heterocycles. The van der Waals surface area contributed by atoms with E-state index in [0.717, 1.165) is 18.7 Å². The number of hydrogen-bond acceptors (Lipinski definition) is 3. The van der Waals surface area contributed by atoms with Crippen LogP contribution in [0.4, 0.5) is 0 Å². The van der Waals surface area contributed by atoms with Gasteiger partial charge in [0.15, 0.2) is 0 Å². The monoisotopic (exact) mass is 287 g/mol. The molecule has 2 aromatic rings. The highest BCUT2D eigenvalue weighted by Crippen LogP contribution is 2.34. The van der Waals surface area contributed by atoms with E-state index in [2.05, 4.69) is 55.0 Å². The van der Waals surface area contributed by atoms with Crippen LogP contribution in [-0.2, 0) is 6.42 Å². The third-order valence-corrected chi connectivity index (χ3v) is 4.75. The summed E-state index contributed by atoms with van der Waals surface area (Å²) in [6.45, 7) is 7.44. The van der Waals surface area contributed by atoms with Gasteiger partial charge < -0.3 is 10.1 Å². The number of rotatable bonds is 4. The molecule has 106 valence electrons. The standard InChI is InChI=1S/C17H21NOS/c1-4-18-17(15-10-20-9-11(15)2)13-5-6-16-14(8-13)7-12(3)19-16/h5-6,8-10,12,17-18H,4,7H2,1-3H3. The smallest absolute Gasteiger partial charge is 0.123 e. The van der Waals surface area contributed by atoms with Crippen molar-refractivity contribution in [2.45, 2.75) is 39.3 Å². The quantitative estimate of drug-likeness (QED) is 0.915. The van der Waals surface area contributed by atoms with Crippen molar-refractivity contribution < 1.29 is 4.74 Å². The topological polar surface area (TPSA) is 21.3 Å². The summed E-state index contributed by atoms with van der Waals surface area (Å²) in [7, 11) is 0. The molecule has 2 atom stereocenters. The van der Waals surface area contributed by atoms with Gasteiger partial charge in [-0.2, -0.15) is 11.3 Å². The van der Waals surface area contributed by atoms with E-state index in [1.165, 1.54) is 22.3 Å². The van der Waals surface area contributed by atoms with Crippen LogP contribution in [0, 0.1) is 6.92 Å². The van der Waals surface area contributed by atoms with E-state index in [1.54, 1.807) is 11.3 Å². The lowest BCUT2D eigenvalue weighted by molar-refractivity contribution is 0.254. The van der Waals surface area contributed by atoms with Gasteiger partial charge in [-0.1, -0.05) is 19.1 Å². The Bertz CT molecular complexity index is 605. The molecule has 1 aliphatic rings. The molecule has 0 amide bonds. The summed E-state index contributed by atoms with van der Waals surface area (Å²) in [6, 6.07) is 6.91. The van der Waals surface area contributed by atoms with Crippen molar-refractivity contribution in [3.63, 3.8) is 0 Å². The van der Waals surface area contributed by atoms with Crippen molar-refractivity contribution in [2.75, 3.05) is 6.54 Å². The zero-order chi connectivity index (χ0) is 14.1. The number of aryl methyl sites for hydroxylation is 1. The van der Waals surface area contributed by atoms with Crippen molar-refractivity contribution in [2.24, 2.45) is 0 Å². The molecule has 1 aromatic carbocycles. The van der Waals surface area contributed by atoms with Crippen molar-refractivity contribution in [1.29, 1.82) is 0 Å². The molecule has 0 radical (unpaired) electrons. The molecule has 0 fully saturated rings. The maximum absolute atomic E-state index is 5.80. The first-order valence-electron chi connectivity index (χ1n) is 7.24. The molecule has 1 N–H and O–H groups in total. The average molecular weight is 287 g/mol. The fraction of sp³-hybridized carbons (Fsp3) is 0.412. The van der Waals surface area contributed by atoms with Gasteiger partial charge in [-0.05, 0) is 59.5 Å². The van der Waals surface area contributed by atoms with Crippen LogP contribution < -0.4 is 10.1 Å². The Balaban J connectivity index is 1.97. The molecule has 3 rings (SSSR count). The summed E-state index contributed by atoms with van der Waals surface area (Å²) in [5.74, 6) is 1.05. The van der Waals surface area contributed by atoms with Crippen LogP contribution >= 0.6 is 11.3 Å².